The Labute approximate surface area is 221 Å². The minimum absolute atomic E-state index is 0.0642. The molecule has 5 atom stereocenters. The quantitative estimate of drug-likeness (QED) is 0.100. The van der Waals surface area contributed by atoms with Crippen LogP contribution in [0.5, 0.6) is 0 Å². The molecule has 0 aliphatic carbocycles. The summed E-state index contributed by atoms with van der Waals surface area (Å²) < 4.78 is 25.3. The number of amides is 1. The van der Waals surface area contributed by atoms with Gasteiger partial charge in [0.1, 0.15) is 12.3 Å². The molecule has 3 aromatic rings. The van der Waals surface area contributed by atoms with Gasteiger partial charge in [0.15, 0.2) is 0 Å². The molecule has 4 rings (SSSR count). The summed E-state index contributed by atoms with van der Waals surface area (Å²) in [6, 6.07) is 5.55. The van der Waals surface area contributed by atoms with Crippen LogP contribution in [0.25, 0.3) is 21.3 Å². The van der Waals surface area contributed by atoms with E-state index in [1.807, 2.05) is 24.3 Å². The lowest BCUT2D eigenvalue weighted by molar-refractivity contribution is -0.122. The van der Waals surface area contributed by atoms with Crippen LogP contribution in [0, 0.1) is 6.92 Å². The predicted molar refractivity (Wildman–Crippen MR) is 141 cm³/mol. The molecule has 2 aromatic heterocycles. The first-order chi connectivity index (χ1) is 18.6. The summed E-state index contributed by atoms with van der Waals surface area (Å²) in [6.07, 6.45) is 1.33. The summed E-state index contributed by atoms with van der Waals surface area (Å²) >= 11 is 0. The molecule has 15 nitrogen and oxygen atoms in total. The SMILES string of the molecule is CCNC(=O)[C@H](Cc1c[nH]c2ccccc12)NP(=O)(O)OC[C@H]1O[C@@H](n2cc(C)c(=O)[nH]c2=O)C[C@@H]1N=[N+]=[N-]. The second-order valence-corrected chi connectivity index (χ2v) is 10.6. The van der Waals surface area contributed by atoms with Crippen LogP contribution in [0.4, 0.5) is 0 Å². The molecule has 0 spiro atoms. The number of hydrogen-bond donors (Lipinski definition) is 5. The Kier molecular flexibility index (Phi) is 8.70. The second kappa shape index (κ2) is 12.0. The minimum Gasteiger partial charge on any atom is -0.361 e. The fraction of sp³-hybridized carbons (Fsp3) is 0.435. The highest BCUT2D eigenvalue weighted by atomic mass is 31.2. The third-order valence-electron chi connectivity index (χ3n) is 6.36. The Hall–Kier alpha value is -3.71. The van der Waals surface area contributed by atoms with Crippen molar-refractivity contribution in [2.45, 2.75) is 51.1 Å². The third-order valence-corrected chi connectivity index (χ3v) is 7.50. The summed E-state index contributed by atoms with van der Waals surface area (Å²) in [5.41, 5.74) is 9.62. The van der Waals surface area contributed by atoms with Crippen molar-refractivity contribution in [3.05, 3.63) is 79.1 Å². The van der Waals surface area contributed by atoms with Crippen molar-refractivity contribution in [2.75, 3.05) is 13.2 Å². The number of nitrogens with zero attached hydrogens (tertiary/aromatic N) is 4. The molecule has 3 heterocycles. The molecule has 1 aromatic carbocycles. The molecule has 5 N–H and O–H groups in total. The van der Waals surface area contributed by atoms with Gasteiger partial charge in [0.25, 0.3) is 5.56 Å². The van der Waals surface area contributed by atoms with Crippen LogP contribution in [-0.2, 0) is 25.0 Å². The average Bonchev–Trinajstić information content (AvgIpc) is 3.49. The van der Waals surface area contributed by atoms with Crippen molar-refractivity contribution in [1.82, 2.24) is 24.9 Å². The van der Waals surface area contributed by atoms with Gasteiger partial charge in [-0.3, -0.25) is 23.7 Å². The molecule has 1 unspecified atom stereocenters. The van der Waals surface area contributed by atoms with Crippen LogP contribution in [0.2, 0.25) is 0 Å². The van der Waals surface area contributed by atoms with Gasteiger partial charge in [-0.25, -0.2) is 14.4 Å². The third kappa shape index (κ3) is 6.66. The van der Waals surface area contributed by atoms with Gasteiger partial charge in [0, 0.05) is 46.7 Å². The standard InChI is InChI=1S/C23H29N8O7P/c1-3-25-22(33)18(8-14-10-26-16-7-5-4-6-15(14)16)29-39(35,36)37-12-19-17(28-30-24)9-20(38-19)31-11-13(2)21(32)27-23(31)34/h4-7,10-11,17-20,26H,3,8-9,12H2,1-2H3,(H,25,33)(H,27,32,34)(H2,29,35,36)/t17-,18-,19+,20+/m0/s1. The number of benzene rings is 1. The van der Waals surface area contributed by atoms with Gasteiger partial charge in [-0.2, -0.15) is 0 Å². The first kappa shape index (κ1) is 28.3. The van der Waals surface area contributed by atoms with E-state index in [1.54, 1.807) is 13.1 Å². The van der Waals surface area contributed by atoms with E-state index >= 15 is 0 Å². The zero-order valence-corrected chi connectivity index (χ0v) is 22.1. The Bertz CT molecular complexity index is 1560. The zero-order chi connectivity index (χ0) is 28.2. The Morgan fingerprint density at radius 3 is 2.92 bits per heavy atom. The summed E-state index contributed by atoms with van der Waals surface area (Å²) in [6.45, 7) is 3.09. The number of ether oxygens (including phenoxy) is 1. The fourth-order valence-corrected chi connectivity index (χ4v) is 5.47. The number of carbonyl (C=O) groups is 1. The minimum atomic E-state index is -4.57. The molecule has 16 heteroatoms. The molecule has 0 saturated carbocycles. The Morgan fingerprint density at radius 2 is 2.18 bits per heavy atom. The summed E-state index contributed by atoms with van der Waals surface area (Å²) in [5.74, 6) is -0.488. The Morgan fingerprint density at radius 1 is 1.41 bits per heavy atom. The average molecular weight is 561 g/mol. The van der Waals surface area contributed by atoms with Crippen molar-refractivity contribution in [2.24, 2.45) is 5.11 Å². The zero-order valence-electron chi connectivity index (χ0n) is 21.2. The largest absolute Gasteiger partial charge is 0.403 e. The van der Waals surface area contributed by atoms with Crippen LogP contribution >= 0.6 is 7.75 Å². The van der Waals surface area contributed by atoms with Crippen LogP contribution in [0.1, 0.15) is 30.7 Å². The molecule has 1 aliphatic heterocycles. The number of hydrogen-bond acceptors (Lipinski definition) is 7. The number of carbonyl (C=O) groups excluding carboxylic acids is 1. The molecule has 1 aliphatic rings. The normalized spacial score (nSPS) is 21.3. The summed E-state index contributed by atoms with van der Waals surface area (Å²) in [5, 5.41) is 9.62. The van der Waals surface area contributed by atoms with Gasteiger partial charge in [-0.1, -0.05) is 23.3 Å². The summed E-state index contributed by atoms with van der Waals surface area (Å²) in [7, 11) is -4.57. The number of rotatable bonds is 11. The van der Waals surface area contributed by atoms with E-state index in [4.69, 9.17) is 14.8 Å². The topological polar surface area (TPSA) is 216 Å². The molecule has 1 saturated heterocycles. The fourth-order valence-electron chi connectivity index (χ4n) is 4.45. The van der Waals surface area contributed by atoms with E-state index in [1.165, 1.54) is 13.1 Å². The van der Waals surface area contributed by atoms with Crippen LogP contribution in [0.15, 0.2) is 51.4 Å². The monoisotopic (exact) mass is 560 g/mol. The highest BCUT2D eigenvalue weighted by Crippen LogP contribution is 2.40. The number of H-pyrrole nitrogens is 2. The van der Waals surface area contributed by atoms with Gasteiger partial charge < -0.3 is 19.9 Å². The lowest BCUT2D eigenvalue weighted by Crippen LogP contribution is -2.44. The molecule has 208 valence electrons. The van der Waals surface area contributed by atoms with Crippen molar-refractivity contribution >= 4 is 24.6 Å². The van der Waals surface area contributed by atoms with Gasteiger partial charge >= 0.3 is 13.4 Å². The molecule has 1 amide bonds. The first-order valence-electron chi connectivity index (χ1n) is 12.2. The van der Waals surface area contributed by atoms with E-state index in [2.05, 4.69) is 30.4 Å². The van der Waals surface area contributed by atoms with Gasteiger partial charge in [-0.05, 0) is 37.4 Å². The van der Waals surface area contributed by atoms with Crippen molar-refractivity contribution < 1.29 is 23.5 Å². The molecular weight excluding hydrogens is 531 g/mol. The van der Waals surface area contributed by atoms with E-state index in [-0.39, 0.29) is 18.4 Å². The number of aryl methyl sites for hydroxylation is 1. The number of azide groups is 1. The van der Waals surface area contributed by atoms with Crippen LogP contribution in [0.3, 0.4) is 0 Å². The van der Waals surface area contributed by atoms with Crippen molar-refractivity contribution in [3.63, 3.8) is 0 Å². The second-order valence-electron chi connectivity index (χ2n) is 9.07. The van der Waals surface area contributed by atoms with Crippen molar-refractivity contribution in [1.29, 1.82) is 0 Å². The highest BCUT2D eigenvalue weighted by molar-refractivity contribution is 7.50. The van der Waals surface area contributed by atoms with Gasteiger partial charge in [-0.15, -0.1) is 0 Å². The lowest BCUT2D eigenvalue weighted by Gasteiger charge is -2.23. The summed E-state index contributed by atoms with van der Waals surface area (Å²) in [4.78, 5) is 55.4. The molecule has 39 heavy (non-hydrogen) atoms. The van der Waals surface area contributed by atoms with Crippen LogP contribution in [-0.4, -0.2) is 56.7 Å². The maximum absolute atomic E-state index is 13.0. The van der Waals surface area contributed by atoms with Gasteiger partial charge in [0.05, 0.1) is 18.8 Å². The van der Waals surface area contributed by atoms with Gasteiger partial charge in [0.2, 0.25) is 5.91 Å². The number of fused-ring (bicyclic) bond motifs is 1. The Balaban J connectivity index is 1.47. The first-order valence-corrected chi connectivity index (χ1v) is 13.8. The molecule has 0 radical (unpaired) electrons. The van der Waals surface area contributed by atoms with E-state index in [0.29, 0.717) is 6.54 Å². The number of aromatic amines is 2. The lowest BCUT2D eigenvalue weighted by atomic mass is 10.1. The smallest absolute Gasteiger partial charge is 0.361 e. The molecular formula is C23H29N8O7P. The maximum atomic E-state index is 13.0. The predicted octanol–water partition coefficient (Wildman–Crippen LogP) is 1.75. The van der Waals surface area contributed by atoms with E-state index in [0.717, 1.165) is 21.0 Å². The van der Waals surface area contributed by atoms with Crippen LogP contribution < -0.4 is 21.7 Å². The number of likely N-dealkylation sites (N-methyl/N-ethyl adjacent to an activating group) is 1. The number of nitrogens with one attached hydrogen (secondary N) is 4. The van der Waals surface area contributed by atoms with E-state index < -0.39 is 55.9 Å². The molecule has 1 fully saturated rings. The maximum Gasteiger partial charge on any atom is 0.403 e. The highest BCUT2D eigenvalue weighted by Gasteiger charge is 2.39. The van der Waals surface area contributed by atoms with Crippen molar-refractivity contribution in [3.8, 4) is 0 Å². The number of para-hydroxylation sites is 1. The molecule has 0 bridgehead atoms. The van der Waals surface area contributed by atoms with E-state index in [9.17, 15) is 23.8 Å². The number of aromatic nitrogens is 3.